The fourth-order valence-corrected chi connectivity index (χ4v) is 1.76. The second kappa shape index (κ2) is 6.23. The lowest BCUT2D eigenvalue weighted by atomic mass is 10.1. The van der Waals surface area contributed by atoms with E-state index in [1.54, 1.807) is 0 Å². The van der Waals surface area contributed by atoms with Gasteiger partial charge in [0.05, 0.1) is 11.8 Å². The predicted octanol–water partition coefficient (Wildman–Crippen LogP) is 3.42. The summed E-state index contributed by atoms with van der Waals surface area (Å²) in [4.78, 5) is 22.2. The van der Waals surface area contributed by atoms with Gasteiger partial charge in [0.2, 0.25) is 5.22 Å². The maximum absolute atomic E-state index is 13.7. The van der Waals surface area contributed by atoms with Gasteiger partial charge in [0, 0.05) is 17.3 Å². The van der Waals surface area contributed by atoms with Crippen LogP contribution in [0.3, 0.4) is 0 Å². The molecule has 1 heterocycles. The maximum Gasteiger partial charge on any atom is 0.328 e. The quantitative estimate of drug-likeness (QED) is 0.848. The first-order valence-electron chi connectivity index (χ1n) is 5.72. The van der Waals surface area contributed by atoms with Crippen LogP contribution < -0.4 is 5.32 Å². The lowest BCUT2D eigenvalue weighted by Gasteiger charge is -2.05. The van der Waals surface area contributed by atoms with Crippen molar-refractivity contribution in [2.24, 2.45) is 0 Å². The van der Waals surface area contributed by atoms with Gasteiger partial charge < -0.3 is 14.8 Å². The number of aliphatic carboxylic acids is 1. The Morgan fingerprint density at radius 3 is 2.67 bits per heavy atom. The summed E-state index contributed by atoms with van der Waals surface area (Å²) < 4.78 is 18.5. The van der Waals surface area contributed by atoms with Crippen LogP contribution in [0.1, 0.15) is 15.9 Å². The van der Waals surface area contributed by atoms with Crippen molar-refractivity contribution in [3.05, 3.63) is 58.8 Å². The smallest absolute Gasteiger partial charge is 0.328 e. The third-order valence-electron chi connectivity index (χ3n) is 2.53. The average Bonchev–Trinajstić information content (AvgIpc) is 2.84. The summed E-state index contributed by atoms with van der Waals surface area (Å²) in [6.45, 7) is 0. The van der Waals surface area contributed by atoms with E-state index in [0.29, 0.717) is 0 Å². The number of carboxylic acid groups (broad SMARTS) is 1. The van der Waals surface area contributed by atoms with Crippen LogP contribution in [0.15, 0.2) is 41.0 Å². The van der Waals surface area contributed by atoms with Crippen molar-refractivity contribution in [2.45, 2.75) is 0 Å². The molecule has 0 saturated heterocycles. The number of carbonyl (C=O) groups excluding carboxylic acids is 1. The number of furan rings is 1. The summed E-state index contributed by atoms with van der Waals surface area (Å²) in [5.41, 5.74) is 0.436. The second-order valence-electron chi connectivity index (χ2n) is 3.97. The molecule has 1 aromatic carbocycles. The molecule has 2 rings (SSSR count). The van der Waals surface area contributed by atoms with E-state index in [2.05, 4.69) is 5.32 Å². The number of hydrogen-bond acceptors (Lipinski definition) is 3. The van der Waals surface area contributed by atoms with E-state index in [4.69, 9.17) is 21.1 Å². The standard InChI is InChI=1S/C14H9ClFNO4/c15-13-10(5-6-21-13)14(20)17-9-3-1-8(11(16)7-9)2-4-12(18)19/h1-7H,(H,17,20)(H,18,19)/b4-2+. The molecule has 7 heteroatoms. The van der Waals surface area contributed by atoms with Gasteiger partial charge >= 0.3 is 5.97 Å². The summed E-state index contributed by atoms with van der Waals surface area (Å²) in [7, 11) is 0. The number of hydrogen-bond donors (Lipinski definition) is 2. The van der Waals surface area contributed by atoms with Crippen LogP contribution in [-0.2, 0) is 4.79 Å². The molecule has 1 amide bonds. The zero-order valence-electron chi connectivity index (χ0n) is 10.5. The van der Waals surface area contributed by atoms with E-state index in [-0.39, 0.29) is 22.0 Å². The Balaban J connectivity index is 2.15. The molecule has 0 unspecified atom stereocenters. The first-order valence-corrected chi connectivity index (χ1v) is 6.10. The van der Waals surface area contributed by atoms with Gasteiger partial charge in [0.25, 0.3) is 5.91 Å². The number of nitrogens with one attached hydrogen (secondary N) is 1. The van der Waals surface area contributed by atoms with Crippen LogP contribution in [0.2, 0.25) is 5.22 Å². The minimum Gasteiger partial charge on any atom is -0.478 e. The molecule has 108 valence electrons. The number of halogens is 2. The molecule has 0 aliphatic heterocycles. The summed E-state index contributed by atoms with van der Waals surface area (Å²) in [5, 5.41) is 10.9. The highest BCUT2D eigenvalue weighted by Gasteiger charge is 2.13. The lowest BCUT2D eigenvalue weighted by Crippen LogP contribution is -2.11. The van der Waals surface area contributed by atoms with Crippen molar-refractivity contribution >= 4 is 35.2 Å². The van der Waals surface area contributed by atoms with Crippen LogP contribution in [0, 0.1) is 5.82 Å². The van der Waals surface area contributed by atoms with Crippen molar-refractivity contribution in [3.63, 3.8) is 0 Å². The van der Waals surface area contributed by atoms with E-state index in [1.807, 2.05) is 0 Å². The molecule has 1 aromatic heterocycles. The van der Waals surface area contributed by atoms with Crippen molar-refractivity contribution in [3.8, 4) is 0 Å². The van der Waals surface area contributed by atoms with E-state index >= 15 is 0 Å². The monoisotopic (exact) mass is 309 g/mol. The topological polar surface area (TPSA) is 79.5 Å². The number of amides is 1. The minimum absolute atomic E-state index is 0.0611. The minimum atomic E-state index is -1.18. The van der Waals surface area contributed by atoms with Gasteiger partial charge in [0.15, 0.2) is 0 Å². The number of anilines is 1. The Morgan fingerprint density at radius 2 is 2.10 bits per heavy atom. The van der Waals surface area contributed by atoms with Crippen molar-refractivity contribution in [1.29, 1.82) is 0 Å². The Kier molecular flexibility index (Phi) is 4.39. The molecular formula is C14H9ClFNO4. The molecule has 0 aliphatic rings. The molecule has 0 spiro atoms. The van der Waals surface area contributed by atoms with Crippen LogP contribution in [0.25, 0.3) is 6.08 Å². The van der Waals surface area contributed by atoms with E-state index < -0.39 is 17.7 Å². The van der Waals surface area contributed by atoms with Crippen LogP contribution in [0.4, 0.5) is 10.1 Å². The molecule has 0 aliphatic carbocycles. The first kappa shape index (κ1) is 14.8. The van der Waals surface area contributed by atoms with Gasteiger partial charge in [-0.25, -0.2) is 9.18 Å². The van der Waals surface area contributed by atoms with Crippen LogP contribution in [0.5, 0.6) is 0 Å². The molecule has 0 atom stereocenters. The van der Waals surface area contributed by atoms with Crippen LogP contribution in [-0.4, -0.2) is 17.0 Å². The number of rotatable bonds is 4. The van der Waals surface area contributed by atoms with Crippen LogP contribution >= 0.6 is 11.6 Å². The number of carbonyl (C=O) groups is 2. The fourth-order valence-electron chi connectivity index (χ4n) is 1.56. The zero-order chi connectivity index (χ0) is 15.4. The highest BCUT2D eigenvalue weighted by atomic mass is 35.5. The van der Waals surface area contributed by atoms with Gasteiger partial charge in [-0.05, 0) is 41.9 Å². The molecule has 2 N–H and O–H groups in total. The Hall–Kier alpha value is -2.60. The van der Waals surface area contributed by atoms with Gasteiger partial charge in [-0.1, -0.05) is 0 Å². The molecule has 0 fully saturated rings. The third-order valence-corrected chi connectivity index (χ3v) is 2.82. The molecule has 21 heavy (non-hydrogen) atoms. The molecule has 0 radical (unpaired) electrons. The Labute approximate surface area is 123 Å². The molecule has 5 nitrogen and oxygen atoms in total. The highest BCUT2D eigenvalue weighted by molar-refractivity contribution is 6.32. The average molecular weight is 310 g/mol. The van der Waals surface area contributed by atoms with Crippen molar-refractivity contribution in [1.82, 2.24) is 0 Å². The summed E-state index contributed by atoms with van der Waals surface area (Å²) in [5.74, 6) is -2.38. The highest BCUT2D eigenvalue weighted by Crippen LogP contribution is 2.20. The number of carboxylic acids is 1. The van der Waals surface area contributed by atoms with Gasteiger partial charge in [0.1, 0.15) is 5.82 Å². The lowest BCUT2D eigenvalue weighted by molar-refractivity contribution is -0.131. The fraction of sp³-hybridized carbons (Fsp3) is 0. The molecule has 0 saturated carbocycles. The van der Waals surface area contributed by atoms with E-state index in [1.165, 1.54) is 24.5 Å². The van der Waals surface area contributed by atoms with E-state index in [9.17, 15) is 14.0 Å². The third kappa shape index (κ3) is 3.70. The predicted molar refractivity (Wildman–Crippen MR) is 74.7 cm³/mol. The normalized spacial score (nSPS) is 10.8. The summed E-state index contributed by atoms with van der Waals surface area (Å²) >= 11 is 5.66. The molecule has 2 aromatic rings. The van der Waals surface area contributed by atoms with Gasteiger partial charge in [-0.3, -0.25) is 4.79 Å². The molecular weight excluding hydrogens is 301 g/mol. The summed E-state index contributed by atoms with van der Waals surface area (Å²) in [6, 6.07) is 5.25. The largest absolute Gasteiger partial charge is 0.478 e. The van der Waals surface area contributed by atoms with Gasteiger partial charge in [-0.15, -0.1) is 0 Å². The van der Waals surface area contributed by atoms with E-state index in [0.717, 1.165) is 18.2 Å². The maximum atomic E-state index is 13.7. The Morgan fingerprint density at radius 1 is 1.33 bits per heavy atom. The summed E-state index contributed by atoms with van der Waals surface area (Å²) in [6.07, 6.45) is 3.20. The van der Waals surface area contributed by atoms with Crippen molar-refractivity contribution in [2.75, 3.05) is 5.32 Å². The Bertz CT molecular complexity index is 724. The second-order valence-corrected chi connectivity index (χ2v) is 4.31. The first-order chi connectivity index (χ1) is 9.97. The molecule has 0 bridgehead atoms. The van der Waals surface area contributed by atoms with Crippen molar-refractivity contribution < 1.29 is 23.5 Å². The SMILES string of the molecule is O=C(O)/C=C/c1ccc(NC(=O)c2ccoc2Cl)cc1F. The zero-order valence-corrected chi connectivity index (χ0v) is 11.2. The number of benzene rings is 1. The van der Waals surface area contributed by atoms with Gasteiger partial charge in [-0.2, -0.15) is 0 Å².